The first-order chi connectivity index (χ1) is 8.72. The summed E-state index contributed by atoms with van der Waals surface area (Å²) in [6, 6.07) is 0. The van der Waals surface area contributed by atoms with Gasteiger partial charge in [-0.3, -0.25) is 0 Å². The minimum Gasteiger partial charge on any atom is -0.388 e. The van der Waals surface area contributed by atoms with E-state index in [1.54, 1.807) is 11.3 Å². The van der Waals surface area contributed by atoms with E-state index in [-0.39, 0.29) is 6.10 Å². The van der Waals surface area contributed by atoms with E-state index in [1.165, 1.54) is 12.0 Å². The van der Waals surface area contributed by atoms with Gasteiger partial charge in [-0.15, -0.1) is 11.3 Å². The lowest BCUT2D eigenvalue weighted by molar-refractivity contribution is 0.166. The molecule has 0 aliphatic heterocycles. The number of aliphatic hydroxyl groups is 1. The van der Waals surface area contributed by atoms with Gasteiger partial charge < -0.3 is 9.67 Å². The van der Waals surface area contributed by atoms with Gasteiger partial charge in [0.15, 0.2) is 0 Å². The van der Waals surface area contributed by atoms with E-state index in [0.717, 1.165) is 42.1 Å². The zero-order chi connectivity index (χ0) is 12.5. The van der Waals surface area contributed by atoms with Crippen LogP contribution in [0.1, 0.15) is 47.2 Å². The molecule has 0 amide bonds. The smallest absolute Gasteiger partial charge is 0.113 e. The van der Waals surface area contributed by atoms with Crippen molar-refractivity contribution in [3.8, 4) is 0 Å². The highest BCUT2D eigenvalue weighted by atomic mass is 32.1. The van der Waals surface area contributed by atoms with Crippen molar-refractivity contribution in [2.24, 2.45) is 0 Å². The number of hydrogen-bond acceptors (Lipinski definition) is 3. The highest BCUT2D eigenvalue weighted by Crippen LogP contribution is 2.29. The van der Waals surface area contributed by atoms with Gasteiger partial charge in [0.25, 0.3) is 0 Å². The molecule has 18 heavy (non-hydrogen) atoms. The summed E-state index contributed by atoms with van der Waals surface area (Å²) in [6.45, 7) is 2.84. The lowest BCUT2D eigenvalue weighted by atomic mass is 10.1. The third kappa shape index (κ3) is 2.35. The monoisotopic (exact) mass is 262 g/mol. The third-order valence-corrected chi connectivity index (χ3v) is 4.47. The lowest BCUT2D eigenvalue weighted by Crippen LogP contribution is -1.98. The van der Waals surface area contributed by atoms with Crippen LogP contribution in [0.5, 0.6) is 0 Å². The van der Waals surface area contributed by atoms with Gasteiger partial charge in [0.1, 0.15) is 5.01 Å². The quantitative estimate of drug-likeness (QED) is 0.845. The molecular formula is C14H18N2OS. The molecule has 1 aliphatic rings. The predicted molar refractivity (Wildman–Crippen MR) is 72.9 cm³/mol. The summed E-state index contributed by atoms with van der Waals surface area (Å²) in [7, 11) is 0. The summed E-state index contributed by atoms with van der Waals surface area (Å²) in [5.74, 6) is 0. The maximum atomic E-state index is 10.1. The Morgan fingerprint density at radius 3 is 3.11 bits per heavy atom. The Hall–Kier alpha value is -1.13. The predicted octanol–water partition coefficient (Wildman–Crippen LogP) is 3.06. The zero-order valence-corrected chi connectivity index (χ0v) is 11.4. The van der Waals surface area contributed by atoms with Gasteiger partial charge in [-0.05, 0) is 31.7 Å². The minimum atomic E-state index is -0.276. The van der Waals surface area contributed by atoms with Crippen LogP contribution >= 0.6 is 11.3 Å². The maximum absolute atomic E-state index is 10.1. The Kier molecular flexibility index (Phi) is 3.22. The Bertz CT molecular complexity index is 544. The van der Waals surface area contributed by atoms with Crippen molar-refractivity contribution < 1.29 is 5.11 Å². The van der Waals surface area contributed by atoms with Crippen molar-refractivity contribution in [2.75, 3.05) is 0 Å². The molecule has 4 heteroatoms. The Labute approximate surface area is 111 Å². The first-order valence-electron chi connectivity index (χ1n) is 6.50. The number of nitrogens with zero attached hydrogens (tertiary/aromatic N) is 2. The van der Waals surface area contributed by atoms with E-state index in [9.17, 15) is 5.11 Å². The summed E-state index contributed by atoms with van der Waals surface area (Å²) < 4.78 is 2.16. The second-order valence-electron chi connectivity index (χ2n) is 5.06. The van der Waals surface area contributed by atoms with Crippen LogP contribution in [-0.4, -0.2) is 14.7 Å². The fourth-order valence-corrected chi connectivity index (χ4v) is 3.39. The molecule has 1 unspecified atom stereocenters. The summed E-state index contributed by atoms with van der Waals surface area (Å²) >= 11 is 1.70. The van der Waals surface area contributed by atoms with E-state index < -0.39 is 0 Å². The van der Waals surface area contributed by atoms with Crippen LogP contribution in [0.3, 0.4) is 0 Å². The third-order valence-electron chi connectivity index (χ3n) is 3.51. The summed E-state index contributed by atoms with van der Waals surface area (Å²) in [5, 5.41) is 13.3. The number of fused-ring (bicyclic) bond motifs is 1. The van der Waals surface area contributed by atoms with Crippen LogP contribution in [0.25, 0.3) is 0 Å². The van der Waals surface area contributed by atoms with E-state index in [2.05, 4.69) is 27.3 Å². The van der Waals surface area contributed by atoms with E-state index >= 15 is 0 Å². The van der Waals surface area contributed by atoms with Gasteiger partial charge >= 0.3 is 0 Å². The Morgan fingerprint density at radius 1 is 1.44 bits per heavy atom. The maximum Gasteiger partial charge on any atom is 0.113 e. The zero-order valence-electron chi connectivity index (χ0n) is 10.6. The molecule has 3 nitrogen and oxygen atoms in total. The second kappa shape index (κ2) is 4.86. The molecule has 0 aromatic carbocycles. The molecule has 2 aromatic heterocycles. The normalized spacial score (nSPS) is 19.6. The first kappa shape index (κ1) is 11.9. The number of aliphatic hydroxyl groups excluding tert-OH is 1. The fraction of sp³-hybridized carbons (Fsp3) is 0.500. The van der Waals surface area contributed by atoms with Gasteiger partial charge in [0.05, 0.1) is 12.6 Å². The van der Waals surface area contributed by atoms with Crippen LogP contribution in [0.15, 0.2) is 17.8 Å². The summed E-state index contributed by atoms with van der Waals surface area (Å²) in [5.41, 5.74) is 3.53. The highest BCUT2D eigenvalue weighted by Gasteiger charge is 2.18. The molecule has 3 rings (SSSR count). The van der Waals surface area contributed by atoms with E-state index in [1.807, 2.05) is 6.92 Å². The molecule has 0 radical (unpaired) electrons. The van der Waals surface area contributed by atoms with E-state index in [0.29, 0.717) is 0 Å². The van der Waals surface area contributed by atoms with Crippen LogP contribution in [-0.2, 0) is 13.0 Å². The Balaban J connectivity index is 1.84. The molecule has 1 N–H and O–H groups in total. The van der Waals surface area contributed by atoms with Gasteiger partial charge in [-0.2, -0.15) is 0 Å². The topological polar surface area (TPSA) is 38.0 Å². The Morgan fingerprint density at radius 2 is 2.33 bits per heavy atom. The van der Waals surface area contributed by atoms with Crippen molar-refractivity contribution in [2.45, 2.75) is 45.3 Å². The molecular weight excluding hydrogens is 244 g/mol. The molecule has 0 fully saturated rings. The second-order valence-corrected chi connectivity index (χ2v) is 6.00. The van der Waals surface area contributed by atoms with Crippen molar-refractivity contribution >= 4 is 11.3 Å². The largest absolute Gasteiger partial charge is 0.388 e. The van der Waals surface area contributed by atoms with Gasteiger partial charge in [-0.25, -0.2) is 4.98 Å². The van der Waals surface area contributed by atoms with Crippen molar-refractivity contribution in [1.82, 2.24) is 9.55 Å². The molecule has 0 spiro atoms. The number of aryl methyl sites for hydroxylation is 2. The molecule has 1 aliphatic carbocycles. The molecule has 0 saturated heterocycles. The van der Waals surface area contributed by atoms with Crippen molar-refractivity contribution in [1.29, 1.82) is 0 Å². The SMILES string of the molecule is Cc1csc(Cn2cc3c(c2)C(O)CCCC3)n1. The van der Waals surface area contributed by atoms with E-state index in [4.69, 9.17) is 0 Å². The summed E-state index contributed by atoms with van der Waals surface area (Å²) in [4.78, 5) is 4.48. The molecule has 96 valence electrons. The van der Waals surface area contributed by atoms with Crippen molar-refractivity contribution in [3.63, 3.8) is 0 Å². The first-order valence-corrected chi connectivity index (χ1v) is 7.38. The molecule has 2 aromatic rings. The number of rotatable bonds is 2. The number of thiazole rings is 1. The molecule has 1 atom stereocenters. The summed E-state index contributed by atoms with van der Waals surface area (Å²) in [6.07, 6.45) is 8.31. The number of hydrogen-bond donors (Lipinski definition) is 1. The average Bonchev–Trinajstić information content (AvgIpc) is 2.88. The minimum absolute atomic E-state index is 0.276. The molecule has 0 saturated carbocycles. The molecule has 2 heterocycles. The van der Waals surface area contributed by atoms with Gasteiger partial charge in [-0.1, -0.05) is 6.42 Å². The van der Waals surface area contributed by atoms with Crippen LogP contribution < -0.4 is 0 Å². The fourth-order valence-electron chi connectivity index (χ4n) is 2.61. The highest BCUT2D eigenvalue weighted by molar-refractivity contribution is 7.09. The number of aromatic nitrogens is 2. The molecule has 0 bridgehead atoms. The van der Waals surface area contributed by atoms with Gasteiger partial charge in [0, 0.05) is 29.0 Å². The van der Waals surface area contributed by atoms with Crippen LogP contribution in [0.2, 0.25) is 0 Å². The van der Waals surface area contributed by atoms with Crippen LogP contribution in [0, 0.1) is 6.92 Å². The van der Waals surface area contributed by atoms with Gasteiger partial charge in [0.2, 0.25) is 0 Å². The van der Waals surface area contributed by atoms with Crippen LogP contribution in [0.4, 0.5) is 0 Å². The van der Waals surface area contributed by atoms with Crippen molar-refractivity contribution in [3.05, 3.63) is 39.6 Å². The average molecular weight is 262 g/mol. The lowest BCUT2D eigenvalue weighted by Gasteiger charge is -2.06. The standard InChI is InChI=1S/C14H18N2OS/c1-10-9-18-14(15-10)8-16-6-11-4-2-3-5-13(17)12(11)7-16/h6-7,9,13,17H,2-5,8H2,1H3.